The van der Waals surface area contributed by atoms with E-state index in [9.17, 15) is 4.79 Å². The molecule has 2 nitrogen and oxygen atoms in total. The van der Waals surface area contributed by atoms with Gasteiger partial charge >= 0.3 is 5.97 Å². The highest BCUT2D eigenvalue weighted by Crippen LogP contribution is 2.22. The maximum atomic E-state index is 10.5. The Kier molecular flexibility index (Phi) is 3.40. The Morgan fingerprint density at radius 2 is 2.19 bits per heavy atom. The lowest BCUT2D eigenvalue weighted by Gasteiger charge is -2.02. The van der Waals surface area contributed by atoms with Crippen LogP contribution in [-0.2, 0) is 28.8 Å². The molecule has 0 unspecified atom stereocenters. The summed E-state index contributed by atoms with van der Waals surface area (Å²) in [5, 5.41) is 0. The maximum Gasteiger partial charge on any atom is 0.307 e. The molecule has 0 saturated carbocycles. The van der Waals surface area contributed by atoms with E-state index in [1.807, 2.05) is 6.08 Å². The minimum absolute atomic E-state index is 0.273. The number of hydrogen-bond acceptors (Lipinski definition) is 2. The molecule has 1 aliphatic carbocycles. The van der Waals surface area contributed by atoms with Gasteiger partial charge in [0.15, 0.2) is 0 Å². The molecule has 1 aromatic rings. The van der Waals surface area contributed by atoms with Crippen molar-refractivity contribution in [3.8, 4) is 0 Å². The lowest BCUT2D eigenvalue weighted by atomic mass is 10.0. The van der Waals surface area contributed by atoms with Gasteiger partial charge in [0, 0.05) is 6.92 Å². The van der Waals surface area contributed by atoms with Crippen molar-refractivity contribution in [1.29, 1.82) is 0 Å². The second-order valence-electron chi connectivity index (χ2n) is 4.14. The number of rotatable bonds is 3. The van der Waals surface area contributed by atoms with Gasteiger partial charge in [0.05, 0.1) is 6.26 Å². The van der Waals surface area contributed by atoms with Gasteiger partial charge in [-0.15, -0.1) is 0 Å². The molecule has 0 aliphatic heterocycles. The number of carbonyl (C=O) groups is 1. The molecule has 0 radical (unpaired) electrons. The van der Waals surface area contributed by atoms with Gasteiger partial charge in [0.2, 0.25) is 0 Å². The van der Waals surface area contributed by atoms with E-state index < -0.39 is 0 Å². The standard InChI is InChI=1S/C14H16O2/c1-11(15)16-9-3-4-12-7-8-13-5-2-6-14(13)10-12/h3,7-10H,2,4-6H2,1H3. The molecule has 0 saturated heterocycles. The summed E-state index contributed by atoms with van der Waals surface area (Å²) in [6, 6.07) is 6.64. The summed E-state index contributed by atoms with van der Waals surface area (Å²) in [6.45, 7) is 1.40. The van der Waals surface area contributed by atoms with Gasteiger partial charge in [0.25, 0.3) is 0 Å². The molecule has 0 amide bonds. The zero-order valence-electron chi connectivity index (χ0n) is 9.53. The van der Waals surface area contributed by atoms with Crippen LogP contribution in [0.3, 0.4) is 0 Å². The molecule has 0 fully saturated rings. The fraction of sp³-hybridized carbons (Fsp3) is 0.357. The first-order chi connectivity index (χ1) is 7.75. The Labute approximate surface area is 95.9 Å². The normalized spacial score (nSPS) is 14.1. The SMILES string of the molecule is CC(=O)OC=CCc1ccc2c(c1)CCC2. The van der Waals surface area contributed by atoms with Crippen LogP contribution in [0.2, 0.25) is 0 Å². The van der Waals surface area contributed by atoms with Crippen molar-refractivity contribution < 1.29 is 9.53 Å². The third-order valence-electron chi connectivity index (χ3n) is 2.85. The molecule has 0 bridgehead atoms. The van der Waals surface area contributed by atoms with Crippen molar-refractivity contribution in [3.63, 3.8) is 0 Å². The van der Waals surface area contributed by atoms with E-state index in [2.05, 4.69) is 18.2 Å². The van der Waals surface area contributed by atoms with Crippen LogP contribution < -0.4 is 0 Å². The smallest absolute Gasteiger partial charge is 0.307 e. The third kappa shape index (κ3) is 2.72. The number of esters is 1. The molecule has 0 heterocycles. The van der Waals surface area contributed by atoms with Crippen LogP contribution in [0.1, 0.15) is 30.0 Å². The molecular formula is C14H16O2. The van der Waals surface area contributed by atoms with Crippen LogP contribution in [0.4, 0.5) is 0 Å². The summed E-state index contributed by atoms with van der Waals surface area (Å²) < 4.78 is 4.74. The molecule has 0 N–H and O–H groups in total. The number of hydrogen-bond donors (Lipinski definition) is 0. The van der Waals surface area contributed by atoms with Crippen LogP contribution in [0, 0.1) is 0 Å². The van der Waals surface area contributed by atoms with Gasteiger partial charge in [-0.2, -0.15) is 0 Å². The average Bonchev–Trinajstić information content (AvgIpc) is 2.71. The number of ether oxygens (including phenoxy) is 1. The summed E-state index contributed by atoms with van der Waals surface area (Å²) in [4.78, 5) is 10.5. The Bertz CT molecular complexity index is 419. The molecular weight excluding hydrogens is 200 g/mol. The largest absolute Gasteiger partial charge is 0.435 e. The highest BCUT2D eigenvalue weighted by molar-refractivity contribution is 5.66. The van der Waals surface area contributed by atoms with E-state index in [0.717, 1.165) is 6.42 Å². The molecule has 0 aromatic heterocycles. The van der Waals surface area contributed by atoms with Crippen molar-refractivity contribution in [3.05, 3.63) is 47.2 Å². The van der Waals surface area contributed by atoms with E-state index in [1.165, 1.54) is 49.1 Å². The van der Waals surface area contributed by atoms with E-state index in [0.29, 0.717) is 0 Å². The minimum Gasteiger partial charge on any atom is -0.435 e. The monoisotopic (exact) mass is 216 g/mol. The minimum atomic E-state index is -0.273. The molecule has 2 rings (SSSR count). The molecule has 84 valence electrons. The van der Waals surface area contributed by atoms with Crippen molar-refractivity contribution in [1.82, 2.24) is 0 Å². The van der Waals surface area contributed by atoms with E-state index in [-0.39, 0.29) is 5.97 Å². The third-order valence-corrected chi connectivity index (χ3v) is 2.85. The van der Waals surface area contributed by atoms with Crippen LogP contribution in [0.15, 0.2) is 30.5 Å². The molecule has 2 heteroatoms. The van der Waals surface area contributed by atoms with Crippen molar-refractivity contribution in [2.75, 3.05) is 0 Å². The Morgan fingerprint density at radius 3 is 3.00 bits per heavy atom. The number of carbonyl (C=O) groups excluding carboxylic acids is 1. The summed E-state index contributed by atoms with van der Waals surface area (Å²) in [7, 11) is 0. The first kappa shape index (κ1) is 10.9. The predicted molar refractivity (Wildman–Crippen MR) is 63.1 cm³/mol. The molecule has 1 aliphatic rings. The number of fused-ring (bicyclic) bond motifs is 1. The van der Waals surface area contributed by atoms with Crippen molar-refractivity contribution in [2.45, 2.75) is 32.6 Å². The average molecular weight is 216 g/mol. The van der Waals surface area contributed by atoms with Gasteiger partial charge in [-0.3, -0.25) is 4.79 Å². The van der Waals surface area contributed by atoms with Crippen LogP contribution in [-0.4, -0.2) is 5.97 Å². The summed E-state index contributed by atoms with van der Waals surface area (Å²) >= 11 is 0. The second-order valence-corrected chi connectivity index (χ2v) is 4.14. The Hall–Kier alpha value is -1.57. The highest BCUT2D eigenvalue weighted by atomic mass is 16.5. The summed E-state index contributed by atoms with van der Waals surface area (Å²) in [6.07, 6.45) is 7.87. The highest BCUT2D eigenvalue weighted by Gasteiger charge is 2.09. The van der Waals surface area contributed by atoms with E-state index in [4.69, 9.17) is 4.74 Å². The maximum absolute atomic E-state index is 10.5. The summed E-state index contributed by atoms with van der Waals surface area (Å²) in [5.41, 5.74) is 4.26. The lowest BCUT2D eigenvalue weighted by Crippen LogP contribution is -1.91. The van der Waals surface area contributed by atoms with Crippen molar-refractivity contribution in [2.24, 2.45) is 0 Å². The lowest BCUT2D eigenvalue weighted by molar-refractivity contribution is -0.135. The molecule has 1 aromatic carbocycles. The van der Waals surface area contributed by atoms with Gasteiger partial charge in [0.1, 0.15) is 0 Å². The first-order valence-corrected chi connectivity index (χ1v) is 5.68. The fourth-order valence-electron chi connectivity index (χ4n) is 2.08. The first-order valence-electron chi connectivity index (χ1n) is 5.68. The topological polar surface area (TPSA) is 26.3 Å². The Balaban J connectivity index is 1.95. The van der Waals surface area contributed by atoms with Crippen LogP contribution in [0.25, 0.3) is 0 Å². The van der Waals surface area contributed by atoms with Crippen molar-refractivity contribution >= 4 is 5.97 Å². The summed E-state index contributed by atoms with van der Waals surface area (Å²) in [5.74, 6) is -0.273. The molecule has 0 spiro atoms. The Morgan fingerprint density at radius 1 is 1.38 bits per heavy atom. The molecule has 16 heavy (non-hydrogen) atoms. The predicted octanol–water partition coefficient (Wildman–Crippen LogP) is 2.79. The van der Waals surface area contributed by atoms with Gasteiger partial charge in [-0.25, -0.2) is 0 Å². The van der Waals surface area contributed by atoms with Gasteiger partial charge < -0.3 is 4.74 Å². The van der Waals surface area contributed by atoms with E-state index in [1.54, 1.807) is 0 Å². The van der Waals surface area contributed by atoms with Crippen LogP contribution >= 0.6 is 0 Å². The zero-order chi connectivity index (χ0) is 11.4. The quantitative estimate of drug-likeness (QED) is 0.573. The van der Waals surface area contributed by atoms with Crippen LogP contribution in [0.5, 0.6) is 0 Å². The van der Waals surface area contributed by atoms with Gasteiger partial charge in [-0.05, 0) is 48.4 Å². The number of aryl methyl sites for hydroxylation is 2. The van der Waals surface area contributed by atoms with E-state index >= 15 is 0 Å². The fourth-order valence-corrected chi connectivity index (χ4v) is 2.08. The van der Waals surface area contributed by atoms with Gasteiger partial charge in [-0.1, -0.05) is 18.2 Å². The number of benzene rings is 1. The molecule has 0 atom stereocenters. The second kappa shape index (κ2) is 4.97. The number of allylic oxidation sites excluding steroid dienone is 1. The zero-order valence-corrected chi connectivity index (χ0v) is 9.53.